The van der Waals surface area contributed by atoms with Gasteiger partial charge in [-0.25, -0.2) is 14.4 Å². The lowest BCUT2D eigenvalue weighted by atomic mass is 10.0. The Morgan fingerprint density at radius 2 is 1.87 bits per heavy atom. The summed E-state index contributed by atoms with van der Waals surface area (Å²) < 4.78 is 15.2. The van der Waals surface area contributed by atoms with Crippen molar-refractivity contribution in [3.8, 4) is 0 Å². The maximum Gasteiger partial charge on any atom is 0.150 e. The van der Waals surface area contributed by atoms with Gasteiger partial charge < -0.3 is 0 Å². The normalized spacial score (nSPS) is 11.0. The van der Waals surface area contributed by atoms with Crippen LogP contribution in [-0.4, -0.2) is 9.97 Å². The average Bonchev–Trinajstić information content (AvgIpc) is 2.55. The summed E-state index contributed by atoms with van der Waals surface area (Å²) >= 11 is 4.62. The molecule has 0 unspecified atom stereocenters. The minimum atomic E-state index is -0.209. The topological polar surface area (TPSA) is 29.0 Å². The van der Waals surface area contributed by atoms with Gasteiger partial charge in [-0.15, -0.1) is 0 Å². The molecule has 0 amide bonds. The molecule has 3 nitrogen and oxygen atoms in total. The Bertz CT molecular complexity index is 851. The van der Waals surface area contributed by atoms with E-state index in [1.54, 1.807) is 10.4 Å². The van der Waals surface area contributed by atoms with Gasteiger partial charge in [0.2, 0.25) is 0 Å². The summed E-state index contributed by atoms with van der Waals surface area (Å²) in [6, 6.07) is 12.7. The van der Waals surface area contributed by atoms with Crippen LogP contribution in [0.1, 0.15) is 23.9 Å². The molecule has 118 valence electrons. The molecule has 23 heavy (non-hydrogen) atoms. The Balaban J connectivity index is 2.00. The highest BCUT2D eigenvalue weighted by Crippen LogP contribution is 2.27. The molecule has 0 radical (unpaired) electrons. The van der Waals surface area contributed by atoms with E-state index in [2.05, 4.69) is 22.8 Å². The highest BCUT2D eigenvalue weighted by atomic mass is 32.1. The lowest BCUT2D eigenvalue weighted by Gasteiger charge is -2.20. The summed E-state index contributed by atoms with van der Waals surface area (Å²) in [5.41, 5.74) is 2.92. The molecule has 0 aliphatic rings. The van der Waals surface area contributed by atoms with Crippen molar-refractivity contribution in [1.29, 1.82) is 0 Å². The molecule has 0 spiro atoms. The monoisotopic (exact) mass is 327 g/mol. The van der Waals surface area contributed by atoms with Crippen LogP contribution in [0.15, 0.2) is 42.5 Å². The molecule has 0 bridgehead atoms. The molecule has 0 aliphatic heterocycles. The van der Waals surface area contributed by atoms with Crippen molar-refractivity contribution in [2.45, 2.75) is 26.8 Å². The van der Waals surface area contributed by atoms with E-state index in [1.165, 1.54) is 6.07 Å². The minimum Gasteiger partial charge on any atom is -0.298 e. The third kappa shape index (κ3) is 3.29. The van der Waals surface area contributed by atoms with E-state index in [1.807, 2.05) is 44.2 Å². The number of fused-ring (bicyclic) bond motifs is 1. The van der Waals surface area contributed by atoms with Crippen molar-refractivity contribution < 1.29 is 4.39 Å². The van der Waals surface area contributed by atoms with Gasteiger partial charge in [0, 0.05) is 5.39 Å². The number of aromatic nitrogens is 2. The largest absolute Gasteiger partial charge is 0.298 e. The second kappa shape index (κ2) is 6.54. The van der Waals surface area contributed by atoms with Crippen molar-refractivity contribution in [3.05, 3.63) is 65.2 Å². The Labute approximate surface area is 140 Å². The van der Waals surface area contributed by atoms with Crippen molar-refractivity contribution in [2.75, 3.05) is 4.31 Å². The zero-order valence-electron chi connectivity index (χ0n) is 13.1. The maximum absolute atomic E-state index is 13.4. The quantitative estimate of drug-likeness (QED) is 0.716. The van der Waals surface area contributed by atoms with E-state index in [-0.39, 0.29) is 5.82 Å². The van der Waals surface area contributed by atoms with E-state index in [9.17, 15) is 4.39 Å². The Morgan fingerprint density at radius 1 is 1.09 bits per heavy atom. The molecule has 5 heteroatoms. The Morgan fingerprint density at radius 3 is 2.65 bits per heavy atom. The van der Waals surface area contributed by atoms with Gasteiger partial charge >= 0.3 is 0 Å². The van der Waals surface area contributed by atoms with Gasteiger partial charge in [0.15, 0.2) is 0 Å². The fraction of sp³-hybridized carbons (Fsp3) is 0.222. The number of benzene rings is 2. The second-order valence-electron chi connectivity index (χ2n) is 5.44. The number of aryl methyl sites for hydroxylation is 2. The van der Waals surface area contributed by atoms with Crippen LogP contribution in [0.25, 0.3) is 10.9 Å². The molecule has 0 N–H and O–H groups in total. The molecule has 0 fully saturated rings. The first-order valence-electron chi connectivity index (χ1n) is 7.55. The number of para-hydroxylation sites is 1. The summed E-state index contributed by atoms with van der Waals surface area (Å²) in [5.74, 6) is 1.26. The van der Waals surface area contributed by atoms with Crippen molar-refractivity contribution in [3.63, 3.8) is 0 Å². The third-order valence-electron chi connectivity index (χ3n) is 3.81. The lowest BCUT2D eigenvalue weighted by Crippen LogP contribution is -2.14. The smallest absolute Gasteiger partial charge is 0.150 e. The fourth-order valence-electron chi connectivity index (χ4n) is 2.68. The molecule has 2 aromatic carbocycles. The van der Waals surface area contributed by atoms with Crippen LogP contribution < -0.4 is 4.31 Å². The molecule has 0 saturated carbocycles. The van der Waals surface area contributed by atoms with E-state index < -0.39 is 0 Å². The lowest BCUT2D eigenvalue weighted by molar-refractivity contribution is 0.624. The van der Waals surface area contributed by atoms with Gasteiger partial charge in [0.05, 0.1) is 12.1 Å². The number of thiol groups is 1. The van der Waals surface area contributed by atoms with Crippen LogP contribution >= 0.6 is 12.8 Å². The SMILES string of the molecule is CCc1cc(F)ccc1CN(S)c1nc(C)nc2ccccc12. The molecule has 0 saturated heterocycles. The average molecular weight is 327 g/mol. The summed E-state index contributed by atoms with van der Waals surface area (Å²) in [4.78, 5) is 8.98. The minimum absolute atomic E-state index is 0.209. The predicted octanol–water partition coefficient (Wildman–Crippen LogP) is 4.49. The van der Waals surface area contributed by atoms with Crippen LogP contribution in [0.3, 0.4) is 0 Å². The van der Waals surface area contributed by atoms with Gasteiger partial charge in [0.1, 0.15) is 17.5 Å². The second-order valence-corrected chi connectivity index (χ2v) is 5.92. The van der Waals surface area contributed by atoms with Crippen LogP contribution in [0.4, 0.5) is 10.2 Å². The van der Waals surface area contributed by atoms with Crippen LogP contribution in [0.2, 0.25) is 0 Å². The molecule has 0 aliphatic carbocycles. The van der Waals surface area contributed by atoms with E-state index >= 15 is 0 Å². The van der Waals surface area contributed by atoms with E-state index in [0.717, 1.165) is 34.3 Å². The van der Waals surface area contributed by atoms with Crippen LogP contribution in [0.5, 0.6) is 0 Å². The van der Waals surface area contributed by atoms with Crippen LogP contribution in [0, 0.1) is 12.7 Å². The first-order chi connectivity index (χ1) is 11.1. The summed E-state index contributed by atoms with van der Waals surface area (Å²) in [7, 11) is 0. The number of anilines is 1. The molecular weight excluding hydrogens is 309 g/mol. The first kappa shape index (κ1) is 15.7. The van der Waals surface area contributed by atoms with Gasteiger partial charge in [0.25, 0.3) is 0 Å². The van der Waals surface area contributed by atoms with Crippen molar-refractivity contribution in [2.24, 2.45) is 0 Å². The third-order valence-corrected chi connectivity index (χ3v) is 4.14. The first-order valence-corrected chi connectivity index (χ1v) is 7.95. The number of rotatable bonds is 4. The van der Waals surface area contributed by atoms with Crippen molar-refractivity contribution in [1.82, 2.24) is 9.97 Å². The highest BCUT2D eigenvalue weighted by molar-refractivity contribution is 7.81. The predicted molar refractivity (Wildman–Crippen MR) is 95.2 cm³/mol. The molecular formula is C18H18FN3S. The molecule has 1 heterocycles. The number of hydrogen-bond donors (Lipinski definition) is 1. The molecule has 3 rings (SSSR count). The molecule has 3 aromatic rings. The maximum atomic E-state index is 13.4. The summed E-state index contributed by atoms with van der Waals surface area (Å²) in [5, 5.41) is 0.952. The van der Waals surface area contributed by atoms with Crippen LogP contribution in [-0.2, 0) is 13.0 Å². The standard InChI is InChI=1S/C18H18FN3S/c1-3-13-10-15(19)9-8-14(13)11-22(23)18-16-6-4-5-7-17(16)20-12(2)21-18/h4-10,23H,3,11H2,1-2H3. The van der Waals surface area contributed by atoms with Gasteiger partial charge in [-0.2, -0.15) is 0 Å². The summed E-state index contributed by atoms with van der Waals surface area (Å²) in [6.07, 6.45) is 0.776. The fourth-order valence-corrected chi connectivity index (χ4v) is 2.99. The molecule has 1 aromatic heterocycles. The summed E-state index contributed by atoms with van der Waals surface area (Å²) in [6.45, 7) is 4.44. The van der Waals surface area contributed by atoms with E-state index in [4.69, 9.17) is 0 Å². The number of nitrogens with zero attached hydrogens (tertiary/aromatic N) is 3. The number of hydrogen-bond acceptors (Lipinski definition) is 4. The highest BCUT2D eigenvalue weighted by Gasteiger charge is 2.13. The zero-order chi connectivity index (χ0) is 16.4. The van der Waals surface area contributed by atoms with Crippen molar-refractivity contribution >= 4 is 29.5 Å². The van der Waals surface area contributed by atoms with E-state index in [0.29, 0.717) is 12.4 Å². The molecule has 0 atom stereocenters. The number of halogens is 1. The van der Waals surface area contributed by atoms with Gasteiger partial charge in [-0.3, -0.25) is 4.31 Å². The van der Waals surface area contributed by atoms with Gasteiger partial charge in [-0.1, -0.05) is 37.9 Å². The zero-order valence-corrected chi connectivity index (χ0v) is 14.0. The Hall–Kier alpha value is -2.14. The Kier molecular flexibility index (Phi) is 4.48. The van der Waals surface area contributed by atoms with Gasteiger partial charge in [-0.05, 0) is 48.7 Å².